The molecule has 3 rings (SSSR count). The summed E-state index contributed by atoms with van der Waals surface area (Å²) in [6.45, 7) is 0.817. The van der Waals surface area contributed by atoms with Crippen molar-refractivity contribution in [2.24, 2.45) is 5.92 Å². The summed E-state index contributed by atoms with van der Waals surface area (Å²) >= 11 is 0. The van der Waals surface area contributed by atoms with Crippen LogP contribution in [0.5, 0.6) is 11.5 Å². The predicted molar refractivity (Wildman–Crippen MR) is 72.0 cm³/mol. The number of halogens is 2. The van der Waals surface area contributed by atoms with Crippen LogP contribution in [0.25, 0.3) is 0 Å². The minimum atomic E-state index is -2.84. The van der Waals surface area contributed by atoms with Gasteiger partial charge in [0, 0.05) is 24.7 Å². The molecule has 0 aromatic heterocycles. The maximum atomic E-state index is 13.3. The van der Waals surface area contributed by atoms with E-state index < -0.39 is 24.2 Å². The van der Waals surface area contributed by atoms with Crippen molar-refractivity contribution in [1.29, 1.82) is 0 Å². The number of hydrogen-bond acceptors (Lipinski definition) is 4. The molecule has 2 heterocycles. The molecule has 5 nitrogen and oxygen atoms in total. The van der Waals surface area contributed by atoms with E-state index in [4.69, 9.17) is 9.47 Å². The van der Waals surface area contributed by atoms with Crippen LogP contribution in [-0.4, -0.2) is 38.1 Å². The quantitative estimate of drug-likeness (QED) is 0.871. The van der Waals surface area contributed by atoms with E-state index in [1.54, 1.807) is 18.2 Å². The van der Waals surface area contributed by atoms with Crippen molar-refractivity contribution in [3.05, 3.63) is 18.2 Å². The van der Waals surface area contributed by atoms with Gasteiger partial charge in [0.25, 0.3) is 5.92 Å². The number of piperidine rings is 1. The topological polar surface area (TPSA) is 59.6 Å². The van der Waals surface area contributed by atoms with Crippen molar-refractivity contribution in [1.82, 2.24) is 5.32 Å². The van der Waals surface area contributed by atoms with Crippen LogP contribution in [-0.2, 0) is 4.79 Å². The minimum Gasteiger partial charge on any atom is -0.486 e. The van der Waals surface area contributed by atoms with Gasteiger partial charge >= 0.3 is 0 Å². The van der Waals surface area contributed by atoms with Gasteiger partial charge < -0.3 is 20.1 Å². The third-order valence-corrected chi connectivity index (χ3v) is 3.50. The average Bonchev–Trinajstić information content (AvgIpc) is 2.46. The van der Waals surface area contributed by atoms with Gasteiger partial charge in [0.15, 0.2) is 11.5 Å². The Kier molecular flexibility index (Phi) is 3.67. The van der Waals surface area contributed by atoms with Gasteiger partial charge in [0.05, 0.1) is 12.5 Å². The van der Waals surface area contributed by atoms with Crippen LogP contribution in [0.2, 0.25) is 0 Å². The Labute approximate surface area is 120 Å². The molecule has 0 aliphatic carbocycles. The Hall–Kier alpha value is -1.89. The summed E-state index contributed by atoms with van der Waals surface area (Å²) in [5.74, 6) is -2.84. The van der Waals surface area contributed by atoms with Gasteiger partial charge in [-0.25, -0.2) is 8.78 Å². The lowest BCUT2D eigenvalue weighted by Gasteiger charge is -2.29. The van der Waals surface area contributed by atoms with Gasteiger partial charge in [-0.3, -0.25) is 4.79 Å². The molecule has 1 saturated heterocycles. The molecule has 1 fully saturated rings. The number of carbonyl (C=O) groups is 1. The molecule has 0 saturated carbocycles. The fourth-order valence-electron chi connectivity index (χ4n) is 2.48. The number of amides is 1. The van der Waals surface area contributed by atoms with E-state index in [0.717, 1.165) is 0 Å². The van der Waals surface area contributed by atoms with Gasteiger partial charge in [-0.1, -0.05) is 0 Å². The molecule has 21 heavy (non-hydrogen) atoms. The summed E-state index contributed by atoms with van der Waals surface area (Å²) in [6.07, 6.45) is -0.434. The van der Waals surface area contributed by atoms with Crippen LogP contribution in [0.3, 0.4) is 0 Å². The molecule has 7 heteroatoms. The average molecular weight is 298 g/mol. The highest BCUT2D eigenvalue weighted by Crippen LogP contribution is 2.33. The van der Waals surface area contributed by atoms with Crippen LogP contribution in [0.1, 0.15) is 6.42 Å². The zero-order chi connectivity index (χ0) is 14.9. The Morgan fingerprint density at radius 2 is 2.05 bits per heavy atom. The monoisotopic (exact) mass is 298 g/mol. The molecule has 0 spiro atoms. The van der Waals surface area contributed by atoms with Gasteiger partial charge in [-0.15, -0.1) is 0 Å². The van der Waals surface area contributed by atoms with Gasteiger partial charge in [-0.05, 0) is 12.1 Å². The largest absolute Gasteiger partial charge is 0.486 e. The van der Waals surface area contributed by atoms with E-state index >= 15 is 0 Å². The second-order valence-corrected chi connectivity index (χ2v) is 5.24. The van der Waals surface area contributed by atoms with Crippen molar-refractivity contribution >= 4 is 11.6 Å². The summed E-state index contributed by atoms with van der Waals surface area (Å²) in [5, 5.41) is 5.24. The number of nitrogens with one attached hydrogen (secondary N) is 2. The summed E-state index contributed by atoms with van der Waals surface area (Å²) < 4.78 is 37.4. The number of alkyl halides is 2. The van der Waals surface area contributed by atoms with Crippen LogP contribution < -0.4 is 20.1 Å². The van der Waals surface area contributed by atoms with Crippen molar-refractivity contribution < 1.29 is 23.0 Å². The first-order valence-corrected chi connectivity index (χ1v) is 6.83. The van der Waals surface area contributed by atoms with Gasteiger partial charge in [0.2, 0.25) is 5.91 Å². The number of ether oxygens (including phenoxy) is 2. The molecule has 1 aromatic carbocycles. The number of carbonyl (C=O) groups excluding carboxylic acids is 1. The highest BCUT2D eigenvalue weighted by atomic mass is 19.3. The molecular weight excluding hydrogens is 282 g/mol. The van der Waals surface area contributed by atoms with E-state index in [-0.39, 0.29) is 13.1 Å². The van der Waals surface area contributed by atoms with Crippen molar-refractivity contribution in [2.75, 3.05) is 31.6 Å². The van der Waals surface area contributed by atoms with Crippen LogP contribution in [0, 0.1) is 5.92 Å². The van der Waals surface area contributed by atoms with Crippen molar-refractivity contribution in [3.8, 4) is 11.5 Å². The molecule has 1 atom stereocenters. The molecule has 1 amide bonds. The molecule has 1 aromatic rings. The first-order chi connectivity index (χ1) is 10.0. The highest BCUT2D eigenvalue weighted by molar-refractivity contribution is 5.93. The third kappa shape index (κ3) is 3.24. The van der Waals surface area contributed by atoms with E-state index in [9.17, 15) is 13.6 Å². The minimum absolute atomic E-state index is 0.256. The van der Waals surface area contributed by atoms with Crippen LogP contribution >= 0.6 is 0 Å². The van der Waals surface area contributed by atoms with Crippen LogP contribution in [0.4, 0.5) is 14.5 Å². The third-order valence-electron chi connectivity index (χ3n) is 3.50. The molecule has 2 aliphatic rings. The van der Waals surface area contributed by atoms with E-state index in [2.05, 4.69) is 10.6 Å². The number of benzene rings is 1. The smallest absolute Gasteiger partial charge is 0.261 e. The number of hydrogen-bond donors (Lipinski definition) is 2. The predicted octanol–water partition coefficient (Wildman–Crippen LogP) is 1.64. The van der Waals surface area contributed by atoms with E-state index in [1.165, 1.54) is 0 Å². The van der Waals surface area contributed by atoms with Crippen molar-refractivity contribution in [3.63, 3.8) is 0 Å². The Bertz CT molecular complexity index is 551. The summed E-state index contributed by atoms with van der Waals surface area (Å²) in [7, 11) is 0. The van der Waals surface area contributed by atoms with Gasteiger partial charge in [-0.2, -0.15) is 0 Å². The molecule has 0 bridgehead atoms. The van der Waals surface area contributed by atoms with Gasteiger partial charge in [0.1, 0.15) is 13.2 Å². The molecule has 2 N–H and O–H groups in total. The summed E-state index contributed by atoms with van der Waals surface area (Å²) in [4.78, 5) is 12.1. The fraction of sp³-hybridized carbons (Fsp3) is 0.500. The zero-order valence-electron chi connectivity index (χ0n) is 11.3. The molecule has 2 aliphatic heterocycles. The summed E-state index contributed by atoms with van der Waals surface area (Å²) in [6, 6.07) is 5.00. The Morgan fingerprint density at radius 1 is 1.29 bits per heavy atom. The maximum absolute atomic E-state index is 13.3. The molecule has 1 unspecified atom stereocenters. The molecule has 0 radical (unpaired) electrons. The first-order valence-electron chi connectivity index (χ1n) is 6.83. The van der Waals surface area contributed by atoms with E-state index in [0.29, 0.717) is 30.4 Å². The standard InChI is InChI=1S/C14H16F2N2O3/c15-14(16)6-9(7-17-8-14)13(19)18-10-1-2-11-12(5-10)21-4-3-20-11/h1-2,5,9,17H,3-4,6-8H2,(H,18,19). The summed E-state index contributed by atoms with van der Waals surface area (Å²) in [5.41, 5.74) is 0.512. The van der Waals surface area contributed by atoms with Crippen molar-refractivity contribution in [2.45, 2.75) is 12.3 Å². The van der Waals surface area contributed by atoms with E-state index in [1.807, 2.05) is 0 Å². The molecule has 114 valence electrons. The maximum Gasteiger partial charge on any atom is 0.261 e. The lowest BCUT2D eigenvalue weighted by molar-refractivity contribution is -0.125. The highest BCUT2D eigenvalue weighted by Gasteiger charge is 2.39. The second kappa shape index (κ2) is 5.48. The Balaban J connectivity index is 1.67. The zero-order valence-corrected chi connectivity index (χ0v) is 11.3. The Morgan fingerprint density at radius 3 is 2.81 bits per heavy atom. The fourth-order valence-corrected chi connectivity index (χ4v) is 2.48. The number of anilines is 1. The van der Waals surface area contributed by atoms with Crippen LogP contribution in [0.15, 0.2) is 18.2 Å². The first kappa shape index (κ1) is 14.1. The SMILES string of the molecule is O=C(Nc1ccc2c(c1)OCCO2)C1CNCC(F)(F)C1. The lowest BCUT2D eigenvalue weighted by atomic mass is 9.96. The molecular formula is C14H16F2N2O3. The normalized spacial score (nSPS) is 23.4. The lowest BCUT2D eigenvalue weighted by Crippen LogP contribution is -2.47. The number of fused-ring (bicyclic) bond motifs is 1. The second-order valence-electron chi connectivity index (χ2n) is 5.24. The number of rotatable bonds is 2.